The third kappa shape index (κ3) is 10.0. The van der Waals surface area contributed by atoms with Crippen LogP contribution < -0.4 is 21.3 Å². The summed E-state index contributed by atoms with van der Waals surface area (Å²) in [5.41, 5.74) is -1.03. The summed E-state index contributed by atoms with van der Waals surface area (Å²) in [6.07, 6.45) is 17.0. The smallest absolute Gasteiger partial charge is 0.289 e. The van der Waals surface area contributed by atoms with Gasteiger partial charge in [-0.1, -0.05) is 78.2 Å². The van der Waals surface area contributed by atoms with E-state index in [1.54, 1.807) is 0 Å². The molecule has 2 aliphatic carbocycles. The quantitative estimate of drug-likeness (QED) is 0.149. The number of nitrogens with one attached hydrogen (secondary N) is 4. The number of carbonyl (C=O) groups excluding carboxylic acids is 6. The summed E-state index contributed by atoms with van der Waals surface area (Å²) >= 11 is 0. The average Bonchev–Trinajstić information content (AvgIpc) is 3.64. The molecule has 280 valence electrons. The Hall–Kier alpha value is -4.16. The van der Waals surface area contributed by atoms with E-state index in [2.05, 4.69) is 37.8 Å². The highest BCUT2D eigenvalue weighted by molar-refractivity contribution is 6.38. The molecule has 4 N–H and O–H groups in total. The number of unbranched alkanes of at least 4 members (excludes halogenated alkanes) is 1. The molecule has 1 aromatic heterocycles. The number of nitrogens with zero attached hydrogens (tertiary/aromatic N) is 3. The van der Waals surface area contributed by atoms with E-state index in [0.29, 0.717) is 32.2 Å². The van der Waals surface area contributed by atoms with Gasteiger partial charge in [-0.15, -0.1) is 6.58 Å². The molecular weight excluding hydrogens is 650 g/mol. The summed E-state index contributed by atoms with van der Waals surface area (Å²) < 4.78 is 0. The predicted molar refractivity (Wildman–Crippen MR) is 192 cm³/mol. The SMILES string of the molecule is C=CCNC(=O)C(=O)C(CCCC)NC(=O)[C@@H]1CCCN1C(=O)[C@@H](NC(=O)[C@@H](NC(=O)c1cnccn1)C1(C)CCCCC1)C1(C)CCCCC1. The molecular formula is C38H57N7O6. The van der Waals surface area contributed by atoms with Gasteiger partial charge < -0.3 is 26.2 Å². The van der Waals surface area contributed by atoms with Gasteiger partial charge in [0.15, 0.2) is 0 Å². The van der Waals surface area contributed by atoms with Crippen LogP contribution in [0.3, 0.4) is 0 Å². The van der Waals surface area contributed by atoms with Crippen LogP contribution in [0.15, 0.2) is 31.2 Å². The first-order valence-electron chi connectivity index (χ1n) is 18.8. The molecule has 2 heterocycles. The lowest BCUT2D eigenvalue weighted by atomic mass is 9.68. The topological polar surface area (TPSA) is 180 Å². The van der Waals surface area contributed by atoms with Crippen LogP contribution in [0.2, 0.25) is 0 Å². The van der Waals surface area contributed by atoms with Crippen LogP contribution in [0.5, 0.6) is 0 Å². The van der Waals surface area contributed by atoms with Crippen molar-refractivity contribution in [2.45, 2.75) is 141 Å². The Labute approximate surface area is 302 Å². The van der Waals surface area contributed by atoms with Crippen LogP contribution >= 0.6 is 0 Å². The van der Waals surface area contributed by atoms with Gasteiger partial charge in [0.2, 0.25) is 23.5 Å². The molecule has 3 fully saturated rings. The van der Waals surface area contributed by atoms with Crippen molar-refractivity contribution >= 4 is 35.3 Å². The number of Topliss-reactive ketones (excluding diaryl/α,β-unsaturated/α-hetero) is 1. The van der Waals surface area contributed by atoms with Gasteiger partial charge in [-0.25, -0.2) is 4.98 Å². The largest absolute Gasteiger partial charge is 0.346 e. The van der Waals surface area contributed by atoms with Crippen molar-refractivity contribution < 1.29 is 28.8 Å². The molecule has 4 atom stereocenters. The van der Waals surface area contributed by atoms with Crippen LogP contribution in [0.4, 0.5) is 0 Å². The van der Waals surface area contributed by atoms with E-state index >= 15 is 0 Å². The maximum Gasteiger partial charge on any atom is 0.289 e. The van der Waals surface area contributed by atoms with Crippen LogP contribution in [0, 0.1) is 10.8 Å². The summed E-state index contributed by atoms with van der Waals surface area (Å²) in [5.74, 6) is -3.31. The fourth-order valence-electron chi connectivity index (χ4n) is 8.06. The molecule has 1 aromatic rings. The van der Waals surface area contributed by atoms with E-state index in [9.17, 15) is 28.8 Å². The Kier molecular flexibility index (Phi) is 14.3. The molecule has 2 saturated carbocycles. The molecule has 0 bridgehead atoms. The molecule has 13 nitrogen and oxygen atoms in total. The van der Waals surface area contributed by atoms with Crippen molar-refractivity contribution in [3.8, 4) is 0 Å². The van der Waals surface area contributed by atoms with Crippen LogP contribution in [-0.4, -0.2) is 87.4 Å². The second-order valence-electron chi connectivity index (χ2n) is 15.1. The van der Waals surface area contributed by atoms with Crippen molar-refractivity contribution in [1.29, 1.82) is 0 Å². The van der Waals surface area contributed by atoms with Gasteiger partial charge >= 0.3 is 0 Å². The van der Waals surface area contributed by atoms with E-state index in [4.69, 9.17) is 0 Å². The molecule has 51 heavy (non-hydrogen) atoms. The summed E-state index contributed by atoms with van der Waals surface area (Å²) in [7, 11) is 0. The predicted octanol–water partition coefficient (Wildman–Crippen LogP) is 3.54. The van der Waals surface area contributed by atoms with Gasteiger partial charge in [-0.3, -0.25) is 33.8 Å². The minimum Gasteiger partial charge on any atom is -0.346 e. The van der Waals surface area contributed by atoms with Gasteiger partial charge in [0.25, 0.3) is 11.8 Å². The number of ketones is 1. The third-order valence-electron chi connectivity index (χ3n) is 11.2. The molecule has 3 aliphatic rings. The van der Waals surface area contributed by atoms with Crippen molar-refractivity contribution in [2.75, 3.05) is 13.1 Å². The van der Waals surface area contributed by atoms with Gasteiger partial charge in [-0.2, -0.15) is 0 Å². The third-order valence-corrected chi connectivity index (χ3v) is 11.2. The lowest BCUT2D eigenvalue weighted by molar-refractivity contribution is -0.146. The highest BCUT2D eigenvalue weighted by Crippen LogP contribution is 2.42. The number of aromatic nitrogens is 2. The zero-order chi connectivity index (χ0) is 37.0. The molecule has 4 rings (SSSR count). The van der Waals surface area contributed by atoms with Gasteiger partial charge in [0, 0.05) is 25.5 Å². The number of amides is 5. The Morgan fingerprint density at radius 3 is 2.14 bits per heavy atom. The molecule has 0 spiro atoms. The molecule has 0 radical (unpaired) electrons. The van der Waals surface area contributed by atoms with E-state index in [-0.39, 0.29) is 18.1 Å². The summed E-state index contributed by atoms with van der Waals surface area (Å²) in [4.78, 5) is 91.7. The summed E-state index contributed by atoms with van der Waals surface area (Å²) in [6, 6.07) is -3.75. The highest BCUT2D eigenvalue weighted by Gasteiger charge is 2.49. The Balaban J connectivity index is 1.59. The maximum absolute atomic E-state index is 14.7. The molecule has 1 unspecified atom stereocenters. The Morgan fingerprint density at radius 2 is 1.55 bits per heavy atom. The van der Waals surface area contributed by atoms with E-state index < -0.39 is 64.4 Å². The van der Waals surface area contributed by atoms with Crippen LogP contribution in [0.1, 0.15) is 128 Å². The first-order chi connectivity index (χ1) is 24.4. The first kappa shape index (κ1) is 39.6. The first-order valence-corrected chi connectivity index (χ1v) is 18.8. The zero-order valence-electron chi connectivity index (χ0n) is 30.6. The number of carbonyl (C=O) groups is 6. The highest BCUT2D eigenvalue weighted by atomic mass is 16.2. The number of hydrogen-bond donors (Lipinski definition) is 4. The monoisotopic (exact) mass is 707 g/mol. The molecule has 1 saturated heterocycles. The molecule has 13 heteroatoms. The average molecular weight is 708 g/mol. The number of likely N-dealkylation sites (tertiary alicyclic amines) is 1. The van der Waals surface area contributed by atoms with Gasteiger partial charge in [0.1, 0.15) is 23.8 Å². The second-order valence-corrected chi connectivity index (χ2v) is 15.1. The van der Waals surface area contributed by atoms with Crippen molar-refractivity contribution in [3.63, 3.8) is 0 Å². The van der Waals surface area contributed by atoms with E-state index in [0.717, 1.165) is 70.6 Å². The van der Waals surface area contributed by atoms with Gasteiger partial charge in [-0.05, 0) is 55.8 Å². The minimum absolute atomic E-state index is 0.0985. The molecule has 0 aromatic carbocycles. The second kappa shape index (κ2) is 18.4. The van der Waals surface area contributed by atoms with Crippen molar-refractivity contribution in [3.05, 3.63) is 36.9 Å². The van der Waals surface area contributed by atoms with Crippen molar-refractivity contribution in [2.24, 2.45) is 10.8 Å². The lowest BCUT2D eigenvalue weighted by Gasteiger charge is -2.45. The fraction of sp³-hybridized carbons (Fsp3) is 0.684. The fourth-order valence-corrected chi connectivity index (χ4v) is 8.06. The zero-order valence-corrected chi connectivity index (χ0v) is 30.6. The maximum atomic E-state index is 14.7. The number of hydrogen-bond acceptors (Lipinski definition) is 8. The normalized spacial score (nSPS) is 21.3. The lowest BCUT2D eigenvalue weighted by Crippen LogP contribution is -2.64. The van der Waals surface area contributed by atoms with Crippen LogP contribution in [0.25, 0.3) is 0 Å². The van der Waals surface area contributed by atoms with E-state index in [1.165, 1.54) is 29.6 Å². The van der Waals surface area contributed by atoms with Crippen molar-refractivity contribution in [1.82, 2.24) is 36.1 Å². The standard InChI is InChI=1S/C38H57N7O6/c1-5-7-15-26(29(46)34(49)41-21-6-2)42-33(48)28-16-14-24-45(28)36(51)31(38(4)19-12-9-13-20-38)44-35(50)30(37(3)17-10-8-11-18-37)43-32(47)27-25-39-22-23-40-27/h6,22-23,25-26,28,30-31H,2,5,7-21,24H2,1,3-4H3,(H,41,49)(H,42,48)(H,43,47)(H,44,50)/t26?,28-,30+,31+/m0/s1. The van der Waals surface area contributed by atoms with Crippen LogP contribution in [-0.2, 0) is 24.0 Å². The summed E-state index contributed by atoms with van der Waals surface area (Å²) in [6.45, 7) is 10.0. The van der Waals surface area contributed by atoms with Gasteiger partial charge in [0.05, 0.1) is 12.2 Å². The summed E-state index contributed by atoms with van der Waals surface area (Å²) in [5, 5.41) is 11.4. The molecule has 5 amide bonds. The van der Waals surface area contributed by atoms with E-state index in [1.807, 2.05) is 20.8 Å². The number of rotatable bonds is 16. The molecule has 1 aliphatic heterocycles. The Bertz CT molecular complexity index is 1410. The Morgan fingerprint density at radius 1 is 0.902 bits per heavy atom. The minimum atomic E-state index is -1.03.